The average molecular weight is 442 g/mol. The van der Waals surface area contributed by atoms with E-state index in [0.29, 0.717) is 20.7 Å². The van der Waals surface area contributed by atoms with Crippen LogP contribution in [0.15, 0.2) is 54.7 Å². The van der Waals surface area contributed by atoms with Crippen molar-refractivity contribution < 1.29 is 4.79 Å². The first-order valence-corrected chi connectivity index (χ1v) is 10.5. The molecule has 0 atom stereocenters. The number of hydrogen-bond acceptors (Lipinski definition) is 4. The van der Waals surface area contributed by atoms with Crippen molar-refractivity contribution >= 4 is 55.8 Å². The molecule has 29 heavy (non-hydrogen) atoms. The fourth-order valence-corrected chi connectivity index (χ4v) is 4.55. The van der Waals surface area contributed by atoms with E-state index in [9.17, 15) is 4.79 Å². The molecule has 0 unspecified atom stereocenters. The Labute approximate surface area is 182 Å². The first-order valence-electron chi connectivity index (χ1n) is 8.97. The average Bonchev–Trinajstić information content (AvgIpc) is 3.12. The van der Waals surface area contributed by atoms with Crippen LogP contribution in [0.4, 0.5) is 5.13 Å². The monoisotopic (exact) mass is 441 g/mol. The molecule has 0 saturated heterocycles. The summed E-state index contributed by atoms with van der Waals surface area (Å²) in [6.45, 7) is 4.37. The van der Waals surface area contributed by atoms with Crippen molar-refractivity contribution in [3.63, 3.8) is 0 Å². The van der Waals surface area contributed by atoms with E-state index in [1.165, 1.54) is 11.3 Å². The number of thiazole rings is 1. The number of amides is 1. The van der Waals surface area contributed by atoms with Gasteiger partial charge in [-0.2, -0.15) is 0 Å². The van der Waals surface area contributed by atoms with Crippen LogP contribution in [0, 0.1) is 13.8 Å². The molecule has 4 aromatic rings. The highest BCUT2D eigenvalue weighted by atomic mass is 35.5. The number of fused-ring (bicyclic) bond motifs is 1. The fraction of sp³-hybridized carbons (Fsp3) is 0.136. The van der Waals surface area contributed by atoms with E-state index in [0.717, 1.165) is 27.0 Å². The molecular weight excluding hydrogens is 425 g/mol. The number of benzene rings is 2. The molecule has 0 fully saturated rings. The molecular formula is C22H17Cl2N3OS. The normalized spacial score (nSPS) is 11.0. The summed E-state index contributed by atoms with van der Waals surface area (Å²) in [5.41, 5.74) is 4.23. The van der Waals surface area contributed by atoms with Crippen LogP contribution in [0.2, 0.25) is 10.0 Å². The number of nitrogens with zero attached hydrogens (tertiary/aromatic N) is 3. The number of halogens is 2. The molecule has 0 aliphatic heterocycles. The fourth-order valence-electron chi connectivity index (χ4n) is 3.17. The molecule has 0 N–H and O–H groups in total. The van der Waals surface area contributed by atoms with Crippen molar-refractivity contribution in [1.82, 2.24) is 9.97 Å². The Bertz CT molecular complexity index is 1210. The third-order valence-corrected chi connectivity index (χ3v) is 6.28. The predicted molar refractivity (Wildman–Crippen MR) is 120 cm³/mol. The molecule has 2 aromatic heterocycles. The van der Waals surface area contributed by atoms with E-state index in [2.05, 4.69) is 18.0 Å². The topological polar surface area (TPSA) is 46.1 Å². The van der Waals surface area contributed by atoms with Crippen LogP contribution >= 0.6 is 34.5 Å². The van der Waals surface area contributed by atoms with Crippen LogP contribution in [0.25, 0.3) is 10.2 Å². The summed E-state index contributed by atoms with van der Waals surface area (Å²) >= 11 is 13.9. The lowest BCUT2D eigenvalue weighted by Crippen LogP contribution is -2.31. The van der Waals surface area contributed by atoms with Gasteiger partial charge in [0.1, 0.15) is 0 Å². The van der Waals surface area contributed by atoms with E-state index in [1.807, 2.05) is 31.2 Å². The molecule has 146 valence electrons. The van der Waals surface area contributed by atoms with Gasteiger partial charge in [0, 0.05) is 11.2 Å². The van der Waals surface area contributed by atoms with Crippen LogP contribution in [-0.2, 0) is 6.54 Å². The van der Waals surface area contributed by atoms with Crippen LogP contribution < -0.4 is 4.90 Å². The molecule has 2 aromatic carbocycles. The third kappa shape index (κ3) is 4.13. The number of rotatable bonds is 4. The molecule has 4 nitrogen and oxygen atoms in total. The van der Waals surface area contributed by atoms with Gasteiger partial charge in [0.15, 0.2) is 5.13 Å². The van der Waals surface area contributed by atoms with Crippen molar-refractivity contribution in [2.45, 2.75) is 20.4 Å². The minimum absolute atomic E-state index is 0.267. The Balaban J connectivity index is 1.83. The minimum atomic E-state index is -0.267. The molecule has 0 bridgehead atoms. The first-order chi connectivity index (χ1) is 13.9. The number of aromatic nitrogens is 2. The number of carbonyl (C=O) groups excluding carboxylic acids is 1. The quantitative estimate of drug-likeness (QED) is 0.364. The summed E-state index contributed by atoms with van der Waals surface area (Å²) in [5.74, 6) is -0.267. The summed E-state index contributed by atoms with van der Waals surface area (Å²) in [6, 6.07) is 14.6. The molecule has 0 radical (unpaired) electrons. The lowest BCUT2D eigenvalue weighted by Gasteiger charge is -2.20. The summed E-state index contributed by atoms with van der Waals surface area (Å²) in [7, 11) is 0. The molecule has 0 aliphatic rings. The maximum Gasteiger partial charge on any atom is 0.262 e. The Hall–Kier alpha value is -2.47. The van der Waals surface area contributed by atoms with Gasteiger partial charge >= 0.3 is 0 Å². The second kappa shape index (κ2) is 8.11. The van der Waals surface area contributed by atoms with Crippen molar-refractivity contribution in [2.75, 3.05) is 4.90 Å². The van der Waals surface area contributed by atoms with Gasteiger partial charge in [-0.05, 0) is 61.4 Å². The maximum atomic E-state index is 13.5. The van der Waals surface area contributed by atoms with Crippen LogP contribution in [-0.4, -0.2) is 15.9 Å². The van der Waals surface area contributed by atoms with Crippen molar-refractivity contribution in [1.29, 1.82) is 0 Å². The smallest absolute Gasteiger partial charge is 0.262 e. The largest absolute Gasteiger partial charge is 0.278 e. The molecule has 0 spiro atoms. The molecule has 2 heterocycles. The van der Waals surface area contributed by atoms with Gasteiger partial charge in [-0.3, -0.25) is 14.7 Å². The molecule has 0 saturated carbocycles. The number of carbonyl (C=O) groups is 1. The third-order valence-electron chi connectivity index (χ3n) is 4.49. The van der Waals surface area contributed by atoms with Gasteiger partial charge in [-0.15, -0.1) is 0 Å². The zero-order valence-electron chi connectivity index (χ0n) is 15.8. The minimum Gasteiger partial charge on any atom is -0.278 e. The van der Waals surface area contributed by atoms with E-state index < -0.39 is 0 Å². The number of anilines is 1. The van der Waals surface area contributed by atoms with Gasteiger partial charge in [0.05, 0.1) is 33.0 Å². The number of pyridine rings is 1. The zero-order chi connectivity index (χ0) is 20.5. The van der Waals surface area contributed by atoms with Crippen LogP contribution in [0.1, 0.15) is 27.2 Å². The highest BCUT2D eigenvalue weighted by Crippen LogP contribution is 2.34. The highest BCUT2D eigenvalue weighted by Gasteiger charge is 2.24. The van der Waals surface area contributed by atoms with E-state index in [4.69, 9.17) is 28.2 Å². The summed E-state index contributed by atoms with van der Waals surface area (Å²) in [4.78, 5) is 24.2. The second-order valence-corrected chi connectivity index (χ2v) is 8.58. The van der Waals surface area contributed by atoms with E-state index in [-0.39, 0.29) is 12.5 Å². The number of aryl methyl sites for hydroxylation is 2. The van der Waals surface area contributed by atoms with Crippen molar-refractivity contribution in [3.8, 4) is 0 Å². The Morgan fingerprint density at radius 1 is 1.10 bits per heavy atom. The van der Waals surface area contributed by atoms with Crippen LogP contribution in [0.3, 0.4) is 0 Å². The van der Waals surface area contributed by atoms with Gasteiger partial charge in [0.2, 0.25) is 0 Å². The SMILES string of the molecule is Cc1cc(C)c2sc(N(Cc3ccccn3)C(=O)c3cc(Cl)ccc3Cl)nc2c1. The molecule has 1 amide bonds. The first kappa shape index (κ1) is 19.8. The van der Waals surface area contributed by atoms with Gasteiger partial charge in [0.25, 0.3) is 5.91 Å². The lowest BCUT2D eigenvalue weighted by atomic mass is 10.1. The van der Waals surface area contributed by atoms with Crippen LogP contribution in [0.5, 0.6) is 0 Å². The summed E-state index contributed by atoms with van der Waals surface area (Å²) < 4.78 is 1.06. The van der Waals surface area contributed by atoms with Crippen molar-refractivity contribution in [3.05, 3.63) is 87.2 Å². The Morgan fingerprint density at radius 3 is 2.69 bits per heavy atom. The Morgan fingerprint density at radius 2 is 1.93 bits per heavy atom. The highest BCUT2D eigenvalue weighted by molar-refractivity contribution is 7.22. The van der Waals surface area contributed by atoms with E-state index >= 15 is 0 Å². The van der Waals surface area contributed by atoms with E-state index in [1.54, 1.807) is 29.3 Å². The lowest BCUT2D eigenvalue weighted by molar-refractivity contribution is 0.0985. The maximum absolute atomic E-state index is 13.5. The molecule has 0 aliphatic carbocycles. The molecule has 4 rings (SSSR count). The van der Waals surface area contributed by atoms with Gasteiger partial charge in [-0.25, -0.2) is 4.98 Å². The summed E-state index contributed by atoms with van der Waals surface area (Å²) in [5, 5.41) is 1.39. The molecule has 7 heteroatoms. The van der Waals surface area contributed by atoms with Gasteiger partial charge in [-0.1, -0.05) is 46.7 Å². The Kier molecular flexibility index (Phi) is 5.54. The summed E-state index contributed by atoms with van der Waals surface area (Å²) in [6.07, 6.45) is 1.70. The predicted octanol–water partition coefficient (Wildman–Crippen LogP) is 6.46. The zero-order valence-corrected chi connectivity index (χ0v) is 18.1. The van der Waals surface area contributed by atoms with Crippen molar-refractivity contribution in [2.24, 2.45) is 0 Å². The second-order valence-electron chi connectivity index (χ2n) is 6.76. The van der Waals surface area contributed by atoms with Gasteiger partial charge < -0.3 is 0 Å². The standard InChI is InChI=1S/C22H17Cl2N3OS/c1-13-9-14(2)20-19(10-13)26-22(29-20)27(12-16-5-3-4-8-25-16)21(28)17-11-15(23)6-7-18(17)24/h3-11H,12H2,1-2H3. The number of hydrogen-bond donors (Lipinski definition) is 0.